The van der Waals surface area contributed by atoms with Gasteiger partial charge in [0.05, 0.1) is 11.2 Å². The number of hydrogen-bond donors (Lipinski definition) is 1. The number of carbonyl (C=O) groups excluding carboxylic acids is 1. The molecule has 1 aromatic heterocycles. The topological polar surface area (TPSA) is 42.0 Å². The van der Waals surface area contributed by atoms with Crippen molar-refractivity contribution in [3.8, 4) is 0 Å². The van der Waals surface area contributed by atoms with E-state index in [-0.39, 0.29) is 5.91 Å². The summed E-state index contributed by atoms with van der Waals surface area (Å²) in [6.07, 6.45) is 0. The summed E-state index contributed by atoms with van der Waals surface area (Å²) < 4.78 is 1.01. The van der Waals surface area contributed by atoms with Crippen molar-refractivity contribution < 1.29 is 4.79 Å². The number of rotatable bonds is 2. The van der Waals surface area contributed by atoms with Crippen LogP contribution >= 0.6 is 33.9 Å². The maximum Gasteiger partial charge on any atom is 0.275 e. The normalized spacial score (nSPS) is 9.93. The van der Waals surface area contributed by atoms with E-state index in [4.69, 9.17) is 0 Å². The number of nitrogens with one attached hydrogen (secondary N) is 1. The van der Waals surface area contributed by atoms with Gasteiger partial charge < -0.3 is 5.32 Å². The molecule has 5 heteroatoms. The predicted octanol–water partition coefficient (Wildman–Crippen LogP) is 3.00. The zero-order chi connectivity index (χ0) is 10.7. The van der Waals surface area contributed by atoms with E-state index in [9.17, 15) is 4.79 Å². The lowest BCUT2D eigenvalue weighted by molar-refractivity contribution is 0.102. The summed E-state index contributed by atoms with van der Waals surface area (Å²) in [5.41, 5.74) is 2.92. The van der Waals surface area contributed by atoms with Gasteiger partial charge in [-0.05, 0) is 34.7 Å². The fourth-order valence-electron chi connectivity index (χ4n) is 1.07. The minimum absolute atomic E-state index is 0.166. The molecule has 1 aromatic carbocycles. The quantitative estimate of drug-likeness (QED) is 0.860. The van der Waals surface area contributed by atoms with Crippen molar-refractivity contribution in [3.63, 3.8) is 0 Å². The number of para-hydroxylation sites is 1. The molecule has 1 heterocycles. The summed E-state index contributed by atoms with van der Waals surface area (Å²) in [6, 6.07) is 7.63. The second-order valence-corrected chi connectivity index (χ2v) is 4.69. The molecule has 0 radical (unpaired) electrons. The fraction of sp³-hybridized carbons (Fsp3) is 0. The Morgan fingerprint density at radius 3 is 2.87 bits per heavy atom. The molecule has 0 saturated heterocycles. The van der Waals surface area contributed by atoms with Crippen molar-refractivity contribution in [2.45, 2.75) is 0 Å². The summed E-state index contributed by atoms with van der Waals surface area (Å²) in [5, 5.41) is 4.54. The Bertz CT molecular complexity index is 470. The van der Waals surface area contributed by atoms with E-state index >= 15 is 0 Å². The molecular formula is C10H7IN2OS. The molecular weight excluding hydrogens is 323 g/mol. The van der Waals surface area contributed by atoms with Crippen LogP contribution in [0.25, 0.3) is 0 Å². The molecule has 0 fully saturated rings. The van der Waals surface area contributed by atoms with Crippen LogP contribution in [0, 0.1) is 3.57 Å². The van der Waals surface area contributed by atoms with Gasteiger partial charge in [0.1, 0.15) is 5.69 Å². The maximum absolute atomic E-state index is 11.7. The molecule has 1 N–H and O–H groups in total. The number of thiazole rings is 1. The van der Waals surface area contributed by atoms with Gasteiger partial charge in [-0.3, -0.25) is 4.79 Å². The average molecular weight is 330 g/mol. The Balaban J connectivity index is 2.17. The smallest absolute Gasteiger partial charge is 0.275 e. The van der Waals surface area contributed by atoms with Gasteiger partial charge in [-0.1, -0.05) is 12.1 Å². The van der Waals surface area contributed by atoms with Crippen LogP contribution in [0.1, 0.15) is 10.5 Å². The minimum atomic E-state index is -0.166. The number of benzene rings is 1. The van der Waals surface area contributed by atoms with Gasteiger partial charge >= 0.3 is 0 Å². The van der Waals surface area contributed by atoms with E-state index in [2.05, 4.69) is 32.9 Å². The zero-order valence-corrected chi connectivity index (χ0v) is 10.6. The van der Waals surface area contributed by atoms with E-state index < -0.39 is 0 Å². The number of carbonyl (C=O) groups is 1. The lowest BCUT2D eigenvalue weighted by Crippen LogP contribution is -2.12. The van der Waals surface area contributed by atoms with Crippen molar-refractivity contribution in [1.82, 2.24) is 4.98 Å². The number of nitrogens with zero attached hydrogens (tertiary/aromatic N) is 1. The highest BCUT2D eigenvalue weighted by Crippen LogP contribution is 2.17. The molecule has 1 amide bonds. The van der Waals surface area contributed by atoms with Crippen LogP contribution in [-0.2, 0) is 0 Å². The van der Waals surface area contributed by atoms with Crippen LogP contribution in [0.3, 0.4) is 0 Å². The van der Waals surface area contributed by atoms with Gasteiger partial charge in [0.15, 0.2) is 0 Å². The standard InChI is InChI=1S/C10H7IN2OS/c11-7-3-1-2-4-8(7)13-10(14)9-5-15-6-12-9/h1-6H,(H,13,14). The van der Waals surface area contributed by atoms with E-state index in [0.29, 0.717) is 5.69 Å². The first kappa shape index (κ1) is 10.6. The molecule has 0 atom stereocenters. The van der Waals surface area contributed by atoms with Crippen molar-refractivity contribution in [1.29, 1.82) is 0 Å². The Kier molecular flexibility index (Phi) is 3.32. The second-order valence-electron chi connectivity index (χ2n) is 2.81. The highest BCUT2D eigenvalue weighted by Gasteiger charge is 2.08. The summed E-state index contributed by atoms with van der Waals surface area (Å²) in [7, 11) is 0. The van der Waals surface area contributed by atoms with E-state index in [1.54, 1.807) is 10.9 Å². The van der Waals surface area contributed by atoms with Crippen LogP contribution < -0.4 is 5.32 Å². The van der Waals surface area contributed by atoms with E-state index in [1.165, 1.54) is 11.3 Å². The first-order chi connectivity index (χ1) is 7.27. The monoisotopic (exact) mass is 330 g/mol. The van der Waals surface area contributed by atoms with Crippen LogP contribution in [0.5, 0.6) is 0 Å². The number of aromatic nitrogens is 1. The van der Waals surface area contributed by atoms with Crippen molar-refractivity contribution in [2.75, 3.05) is 5.32 Å². The second kappa shape index (κ2) is 4.71. The van der Waals surface area contributed by atoms with Crippen molar-refractivity contribution in [2.24, 2.45) is 0 Å². The Labute approximate surface area is 105 Å². The first-order valence-electron chi connectivity index (χ1n) is 4.21. The molecule has 0 saturated carbocycles. The van der Waals surface area contributed by atoms with Gasteiger partial charge in [0.25, 0.3) is 5.91 Å². The fourth-order valence-corrected chi connectivity index (χ4v) is 2.13. The Hall–Kier alpha value is -0.950. The van der Waals surface area contributed by atoms with Gasteiger partial charge in [-0.15, -0.1) is 11.3 Å². The van der Waals surface area contributed by atoms with Crippen LogP contribution in [0.2, 0.25) is 0 Å². The largest absolute Gasteiger partial charge is 0.320 e. The Morgan fingerprint density at radius 1 is 1.40 bits per heavy atom. The number of halogens is 1. The minimum Gasteiger partial charge on any atom is -0.320 e. The number of hydrogen-bond acceptors (Lipinski definition) is 3. The highest BCUT2D eigenvalue weighted by molar-refractivity contribution is 14.1. The Morgan fingerprint density at radius 2 is 2.20 bits per heavy atom. The van der Waals surface area contributed by atoms with E-state index in [0.717, 1.165) is 9.26 Å². The third-order valence-corrected chi connectivity index (χ3v) is 3.31. The molecule has 0 aliphatic rings. The predicted molar refractivity (Wildman–Crippen MR) is 69.2 cm³/mol. The molecule has 0 aliphatic carbocycles. The maximum atomic E-state index is 11.7. The SMILES string of the molecule is O=C(Nc1ccccc1I)c1cscn1. The van der Waals surface area contributed by atoms with Crippen LogP contribution in [0.4, 0.5) is 5.69 Å². The van der Waals surface area contributed by atoms with Gasteiger partial charge in [-0.2, -0.15) is 0 Å². The zero-order valence-electron chi connectivity index (χ0n) is 7.61. The lowest BCUT2D eigenvalue weighted by Gasteiger charge is -2.04. The molecule has 0 unspecified atom stereocenters. The molecule has 2 aromatic rings. The van der Waals surface area contributed by atoms with E-state index in [1.807, 2.05) is 24.3 Å². The average Bonchev–Trinajstić information content (AvgIpc) is 2.74. The van der Waals surface area contributed by atoms with Crippen molar-refractivity contribution >= 4 is 45.5 Å². The number of amides is 1. The first-order valence-corrected chi connectivity index (χ1v) is 6.23. The molecule has 0 aliphatic heterocycles. The molecule has 0 bridgehead atoms. The van der Waals surface area contributed by atoms with Gasteiger partial charge in [-0.25, -0.2) is 4.98 Å². The van der Waals surface area contributed by atoms with Crippen LogP contribution in [0.15, 0.2) is 35.2 Å². The summed E-state index contributed by atoms with van der Waals surface area (Å²) >= 11 is 3.59. The molecule has 76 valence electrons. The third kappa shape index (κ3) is 2.54. The molecule has 0 spiro atoms. The summed E-state index contributed by atoms with van der Waals surface area (Å²) in [6.45, 7) is 0. The molecule has 15 heavy (non-hydrogen) atoms. The number of anilines is 1. The third-order valence-electron chi connectivity index (χ3n) is 1.79. The van der Waals surface area contributed by atoms with Crippen molar-refractivity contribution in [3.05, 3.63) is 44.4 Å². The van der Waals surface area contributed by atoms with Gasteiger partial charge in [0, 0.05) is 8.95 Å². The lowest BCUT2D eigenvalue weighted by atomic mass is 10.3. The van der Waals surface area contributed by atoms with Crippen LogP contribution in [-0.4, -0.2) is 10.9 Å². The highest BCUT2D eigenvalue weighted by atomic mass is 127. The molecule has 2 rings (SSSR count). The molecule has 3 nitrogen and oxygen atoms in total. The summed E-state index contributed by atoms with van der Waals surface area (Å²) in [5.74, 6) is -0.166. The summed E-state index contributed by atoms with van der Waals surface area (Å²) in [4.78, 5) is 15.6. The van der Waals surface area contributed by atoms with Gasteiger partial charge in [0.2, 0.25) is 0 Å².